The minimum Gasteiger partial charge on any atom is -0.486 e. The first-order valence-electron chi connectivity index (χ1n) is 7.14. The van der Waals surface area contributed by atoms with Crippen molar-refractivity contribution in [1.82, 2.24) is 14.8 Å². The van der Waals surface area contributed by atoms with Gasteiger partial charge in [-0.05, 0) is 31.3 Å². The number of benzene rings is 1. The lowest BCUT2D eigenvalue weighted by molar-refractivity contribution is -0.129. The summed E-state index contributed by atoms with van der Waals surface area (Å²) in [5.41, 5.74) is 0.904. The highest BCUT2D eigenvalue weighted by Crippen LogP contribution is 2.16. The first-order valence-corrected chi connectivity index (χ1v) is 8.02. The van der Waals surface area contributed by atoms with Crippen molar-refractivity contribution in [2.24, 2.45) is 0 Å². The van der Waals surface area contributed by atoms with Crippen LogP contribution >= 0.6 is 11.3 Å². The molecule has 2 aromatic rings. The van der Waals surface area contributed by atoms with Gasteiger partial charge in [-0.3, -0.25) is 9.69 Å². The van der Waals surface area contributed by atoms with E-state index in [1.165, 1.54) is 23.5 Å². The molecule has 23 heavy (non-hydrogen) atoms. The zero-order valence-corrected chi connectivity index (χ0v) is 14.3. The fourth-order valence-corrected chi connectivity index (χ4v) is 2.56. The standard InChI is InChI=1S/C16H20FN3O2S/c1-19(2)16(21)9-20(3)8-13-11-23-15(18-13)10-22-14-6-4-12(17)5-7-14/h4-7,11H,8-10H2,1-3H3. The summed E-state index contributed by atoms with van der Waals surface area (Å²) in [6, 6.07) is 5.90. The molecule has 0 N–H and O–H groups in total. The molecule has 0 aliphatic carbocycles. The van der Waals surface area contributed by atoms with E-state index in [1.807, 2.05) is 17.3 Å². The Bertz CT molecular complexity index is 643. The third kappa shape index (κ3) is 5.61. The second-order valence-electron chi connectivity index (χ2n) is 5.44. The van der Waals surface area contributed by atoms with E-state index >= 15 is 0 Å². The van der Waals surface area contributed by atoms with Crippen LogP contribution in [-0.4, -0.2) is 48.4 Å². The van der Waals surface area contributed by atoms with Gasteiger partial charge in [-0.1, -0.05) is 0 Å². The summed E-state index contributed by atoms with van der Waals surface area (Å²) in [4.78, 5) is 19.6. The van der Waals surface area contributed by atoms with Crippen LogP contribution < -0.4 is 4.74 Å². The number of thiazole rings is 1. The highest BCUT2D eigenvalue weighted by atomic mass is 32.1. The summed E-state index contributed by atoms with van der Waals surface area (Å²) in [7, 11) is 5.36. The van der Waals surface area contributed by atoms with Crippen LogP contribution in [0, 0.1) is 5.82 Å². The predicted molar refractivity (Wildman–Crippen MR) is 87.9 cm³/mol. The van der Waals surface area contributed by atoms with Gasteiger partial charge >= 0.3 is 0 Å². The molecule has 2 rings (SSSR count). The van der Waals surface area contributed by atoms with Crippen LogP contribution in [-0.2, 0) is 17.9 Å². The van der Waals surface area contributed by atoms with Crippen molar-refractivity contribution in [3.8, 4) is 5.75 Å². The van der Waals surface area contributed by atoms with E-state index in [0.717, 1.165) is 10.7 Å². The Morgan fingerprint density at radius 2 is 1.96 bits per heavy atom. The Balaban J connectivity index is 1.83. The number of aromatic nitrogens is 1. The largest absolute Gasteiger partial charge is 0.486 e. The maximum absolute atomic E-state index is 12.8. The molecule has 0 radical (unpaired) electrons. The van der Waals surface area contributed by atoms with Gasteiger partial charge in [-0.2, -0.15) is 0 Å². The molecule has 5 nitrogen and oxygen atoms in total. The average Bonchev–Trinajstić information content (AvgIpc) is 2.93. The van der Waals surface area contributed by atoms with Gasteiger partial charge < -0.3 is 9.64 Å². The Labute approximate surface area is 139 Å². The second kappa shape index (κ2) is 8.03. The number of carbonyl (C=O) groups is 1. The van der Waals surface area contributed by atoms with E-state index in [4.69, 9.17) is 4.74 Å². The van der Waals surface area contributed by atoms with Crippen LogP contribution in [0.15, 0.2) is 29.6 Å². The van der Waals surface area contributed by atoms with Crippen molar-refractivity contribution in [3.63, 3.8) is 0 Å². The molecule has 1 amide bonds. The first kappa shape index (κ1) is 17.4. The third-order valence-corrected chi connectivity index (χ3v) is 3.98. The first-order chi connectivity index (χ1) is 10.9. The van der Waals surface area contributed by atoms with Crippen LogP contribution in [0.25, 0.3) is 0 Å². The predicted octanol–water partition coefficient (Wildman–Crippen LogP) is 2.38. The van der Waals surface area contributed by atoms with Crippen LogP contribution in [0.4, 0.5) is 4.39 Å². The molecule has 7 heteroatoms. The van der Waals surface area contributed by atoms with Crippen molar-refractivity contribution >= 4 is 17.2 Å². The van der Waals surface area contributed by atoms with Crippen LogP contribution in [0.5, 0.6) is 5.75 Å². The average molecular weight is 337 g/mol. The Kier molecular flexibility index (Phi) is 6.06. The fraction of sp³-hybridized carbons (Fsp3) is 0.375. The lowest BCUT2D eigenvalue weighted by Gasteiger charge is -2.17. The molecule has 0 saturated heterocycles. The van der Waals surface area contributed by atoms with Gasteiger partial charge in [0.05, 0.1) is 12.2 Å². The molecular weight excluding hydrogens is 317 g/mol. The number of carbonyl (C=O) groups excluding carboxylic acids is 1. The minimum atomic E-state index is -0.288. The smallest absolute Gasteiger partial charge is 0.236 e. The van der Waals surface area contributed by atoms with Crippen molar-refractivity contribution < 1.29 is 13.9 Å². The zero-order valence-electron chi connectivity index (χ0n) is 13.5. The van der Waals surface area contributed by atoms with Gasteiger partial charge in [0.15, 0.2) is 0 Å². The number of ether oxygens (including phenoxy) is 1. The summed E-state index contributed by atoms with van der Waals surface area (Å²) in [6.45, 7) is 1.30. The van der Waals surface area contributed by atoms with Crippen molar-refractivity contribution in [2.45, 2.75) is 13.2 Å². The van der Waals surface area contributed by atoms with E-state index < -0.39 is 0 Å². The number of hydrogen-bond donors (Lipinski definition) is 0. The van der Waals surface area contributed by atoms with Crippen LogP contribution in [0.1, 0.15) is 10.7 Å². The molecule has 0 bridgehead atoms. The molecular formula is C16H20FN3O2S. The highest BCUT2D eigenvalue weighted by molar-refractivity contribution is 7.09. The summed E-state index contributed by atoms with van der Waals surface area (Å²) in [5, 5.41) is 2.80. The number of rotatable bonds is 7. The van der Waals surface area contributed by atoms with Gasteiger partial charge in [-0.25, -0.2) is 9.37 Å². The summed E-state index contributed by atoms with van der Waals surface area (Å²) < 4.78 is 18.4. The van der Waals surface area contributed by atoms with Crippen molar-refractivity contribution in [2.75, 3.05) is 27.7 Å². The lowest BCUT2D eigenvalue weighted by atomic mass is 10.3. The van der Waals surface area contributed by atoms with Crippen LogP contribution in [0.3, 0.4) is 0 Å². The molecule has 1 aromatic heterocycles. The van der Waals surface area contributed by atoms with E-state index in [1.54, 1.807) is 31.1 Å². The number of hydrogen-bond acceptors (Lipinski definition) is 5. The normalized spacial score (nSPS) is 10.8. The molecule has 0 aliphatic rings. The van der Waals surface area contributed by atoms with Gasteiger partial charge in [0.2, 0.25) is 5.91 Å². The van der Waals surface area contributed by atoms with Crippen LogP contribution in [0.2, 0.25) is 0 Å². The number of halogens is 1. The maximum Gasteiger partial charge on any atom is 0.236 e. The third-order valence-electron chi connectivity index (χ3n) is 3.11. The molecule has 0 saturated carbocycles. The van der Waals surface area contributed by atoms with Gasteiger partial charge in [0.25, 0.3) is 0 Å². The van der Waals surface area contributed by atoms with Gasteiger partial charge in [-0.15, -0.1) is 11.3 Å². The summed E-state index contributed by atoms with van der Waals surface area (Å²) in [5.74, 6) is 0.378. The Morgan fingerprint density at radius 1 is 1.26 bits per heavy atom. The molecule has 0 spiro atoms. The number of nitrogens with zero attached hydrogens (tertiary/aromatic N) is 3. The number of likely N-dealkylation sites (N-methyl/N-ethyl adjacent to an activating group) is 2. The lowest BCUT2D eigenvalue weighted by Crippen LogP contribution is -2.34. The van der Waals surface area contributed by atoms with E-state index in [2.05, 4.69) is 4.98 Å². The van der Waals surface area contributed by atoms with E-state index in [9.17, 15) is 9.18 Å². The molecule has 124 valence electrons. The molecule has 0 atom stereocenters. The molecule has 1 heterocycles. The summed E-state index contributed by atoms with van der Waals surface area (Å²) in [6.07, 6.45) is 0. The van der Waals surface area contributed by atoms with Crippen molar-refractivity contribution in [3.05, 3.63) is 46.2 Å². The maximum atomic E-state index is 12.8. The second-order valence-corrected chi connectivity index (χ2v) is 6.38. The fourth-order valence-electron chi connectivity index (χ4n) is 1.87. The monoisotopic (exact) mass is 337 g/mol. The van der Waals surface area contributed by atoms with Crippen molar-refractivity contribution in [1.29, 1.82) is 0 Å². The Morgan fingerprint density at radius 3 is 2.61 bits per heavy atom. The van der Waals surface area contributed by atoms with E-state index in [0.29, 0.717) is 25.4 Å². The Hall–Kier alpha value is -1.99. The topological polar surface area (TPSA) is 45.7 Å². The van der Waals surface area contributed by atoms with E-state index in [-0.39, 0.29) is 11.7 Å². The minimum absolute atomic E-state index is 0.0580. The highest BCUT2D eigenvalue weighted by Gasteiger charge is 2.11. The SMILES string of the molecule is CN(CC(=O)N(C)C)Cc1csc(COc2ccc(F)cc2)n1. The quantitative estimate of drug-likeness (QED) is 0.778. The number of amides is 1. The summed E-state index contributed by atoms with van der Waals surface area (Å²) >= 11 is 1.51. The van der Waals surface area contributed by atoms with Gasteiger partial charge in [0, 0.05) is 26.0 Å². The zero-order chi connectivity index (χ0) is 16.8. The molecule has 0 fully saturated rings. The molecule has 0 unspecified atom stereocenters. The van der Waals surface area contributed by atoms with Gasteiger partial charge in [0.1, 0.15) is 23.2 Å². The molecule has 0 aliphatic heterocycles. The molecule has 1 aromatic carbocycles.